The summed E-state index contributed by atoms with van der Waals surface area (Å²) in [5.41, 5.74) is 2.36. The van der Waals surface area contributed by atoms with Gasteiger partial charge in [-0.3, -0.25) is 0 Å². The molecule has 1 aromatic heterocycles. The Morgan fingerprint density at radius 1 is 1.10 bits per heavy atom. The molecule has 1 N–H and O–H groups in total. The lowest BCUT2D eigenvalue weighted by atomic mass is 10.1. The minimum absolute atomic E-state index is 0.0504. The van der Waals surface area contributed by atoms with Crippen LogP contribution in [0.1, 0.15) is 5.56 Å². The number of aromatic nitrogens is 2. The van der Waals surface area contributed by atoms with Gasteiger partial charge < -0.3 is 9.63 Å². The average Bonchev–Trinajstić information content (AvgIpc) is 2.91. The third kappa shape index (κ3) is 2.26. The Kier molecular flexibility index (Phi) is 3.16. The van der Waals surface area contributed by atoms with Crippen molar-refractivity contribution in [1.82, 2.24) is 10.1 Å². The molecule has 0 unspecified atom stereocenters. The zero-order valence-corrected chi connectivity index (χ0v) is 11.4. The second kappa shape index (κ2) is 4.98. The predicted molar refractivity (Wildman–Crippen MR) is 76.6 cm³/mol. The van der Waals surface area contributed by atoms with Crippen LogP contribution in [0.15, 0.2) is 47.0 Å². The van der Waals surface area contributed by atoms with Crippen molar-refractivity contribution in [1.29, 1.82) is 0 Å². The fourth-order valence-corrected chi connectivity index (χ4v) is 2.12. The van der Waals surface area contributed by atoms with Gasteiger partial charge in [-0.05, 0) is 30.7 Å². The van der Waals surface area contributed by atoms with E-state index in [0.29, 0.717) is 16.4 Å². The largest absolute Gasteiger partial charge is 0.507 e. The van der Waals surface area contributed by atoms with E-state index in [1.165, 1.54) is 6.07 Å². The van der Waals surface area contributed by atoms with E-state index in [2.05, 4.69) is 10.1 Å². The third-order valence-electron chi connectivity index (χ3n) is 3.00. The first-order valence-electron chi connectivity index (χ1n) is 6.04. The van der Waals surface area contributed by atoms with Crippen molar-refractivity contribution in [2.45, 2.75) is 6.92 Å². The maximum absolute atomic E-state index is 9.84. The third-order valence-corrected chi connectivity index (χ3v) is 3.24. The number of aryl methyl sites for hydroxylation is 1. The molecule has 4 nitrogen and oxygen atoms in total. The van der Waals surface area contributed by atoms with Gasteiger partial charge in [0, 0.05) is 10.6 Å². The lowest BCUT2D eigenvalue weighted by molar-refractivity contribution is 0.425. The van der Waals surface area contributed by atoms with Gasteiger partial charge >= 0.3 is 0 Å². The second-order valence-electron chi connectivity index (χ2n) is 4.40. The lowest BCUT2D eigenvalue weighted by Crippen LogP contribution is -1.85. The molecule has 2 aromatic carbocycles. The monoisotopic (exact) mass is 286 g/mol. The Bertz CT molecular complexity index is 768. The van der Waals surface area contributed by atoms with Crippen LogP contribution in [0.5, 0.6) is 5.75 Å². The summed E-state index contributed by atoms with van der Waals surface area (Å²) < 4.78 is 5.22. The second-order valence-corrected chi connectivity index (χ2v) is 4.84. The number of halogens is 1. The number of hydrogen-bond donors (Lipinski definition) is 1. The molecule has 0 bridgehead atoms. The molecule has 0 spiro atoms. The van der Waals surface area contributed by atoms with E-state index in [4.69, 9.17) is 16.1 Å². The molecule has 0 aliphatic heterocycles. The number of phenolic OH excluding ortho intramolecular Hbond substituents is 1. The van der Waals surface area contributed by atoms with Gasteiger partial charge in [-0.1, -0.05) is 41.0 Å². The minimum Gasteiger partial charge on any atom is -0.507 e. The topological polar surface area (TPSA) is 59.2 Å². The highest BCUT2D eigenvalue weighted by atomic mass is 35.5. The van der Waals surface area contributed by atoms with Crippen LogP contribution in [0.4, 0.5) is 0 Å². The molecule has 20 heavy (non-hydrogen) atoms. The highest BCUT2D eigenvalue weighted by molar-refractivity contribution is 6.30. The summed E-state index contributed by atoms with van der Waals surface area (Å²) in [5, 5.41) is 14.3. The predicted octanol–water partition coefficient (Wildman–Crippen LogP) is 4.07. The Balaban J connectivity index is 2.07. The summed E-state index contributed by atoms with van der Waals surface area (Å²) in [6.45, 7) is 1.97. The molecular formula is C15H11ClN2O2. The molecule has 0 radical (unpaired) electrons. The van der Waals surface area contributed by atoms with Gasteiger partial charge in [0.15, 0.2) is 0 Å². The molecule has 1 heterocycles. The summed E-state index contributed by atoms with van der Waals surface area (Å²) in [6.07, 6.45) is 0. The molecule has 3 aromatic rings. The van der Waals surface area contributed by atoms with Crippen molar-refractivity contribution in [3.63, 3.8) is 0 Å². The standard InChI is InChI=1S/C15H11ClN2O2/c1-9-4-2-3-5-11(9)14-17-15(20-18-14)12-8-10(16)6-7-13(12)19/h2-8,19H,1H3. The molecule has 0 aliphatic rings. The van der Waals surface area contributed by atoms with Crippen molar-refractivity contribution in [3.05, 3.63) is 53.1 Å². The maximum Gasteiger partial charge on any atom is 0.262 e. The van der Waals surface area contributed by atoms with Gasteiger partial charge in [-0.2, -0.15) is 4.98 Å². The number of aromatic hydroxyl groups is 1. The lowest BCUT2D eigenvalue weighted by Gasteiger charge is -1.99. The Labute approximate surface area is 120 Å². The van der Waals surface area contributed by atoms with E-state index < -0.39 is 0 Å². The maximum atomic E-state index is 9.84. The normalized spacial score (nSPS) is 10.7. The first-order valence-corrected chi connectivity index (χ1v) is 6.41. The fourth-order valence-electron chi connectivity index (χ4n) is 1.95. The van der Waals surface area contributed by atoms with Crippen molar-refractivity contribution >= 4 is 11.6 Å². The van der Waals surface area contributed by atoms with Crippen molar-refractivity contribution in [2.75, 3.05) is 0 Å². The van der Waals surface area contributed by atoms with Crippen molar-refractivity contribution in [3.8, 4) is 28.6 Å². The fraction of sp³-hybridized carbons (Fsp3) is 0.0667. The quantitative estimate of drug-likeness (QED) is 0.771. The summed E-state index contributed by atoms with van der Waals surface area (Å²) in [4.78, 5) is 4.32. The van der Waals surface area contributed by atoms with Crippen LogP contribution < -0.4 is 0 Å². The van der Waals surface area contributed by atoms with E-state index >= 15 is 0 Å². The van der Waals surface area contributed by atoms with Crippen molar-refractivity contribution < 1.29 is 9.63 Å². The van der Waals surface area contributed by atoms with Crippen LogP contribution >= 0.6 is 11.6 Å². The summed E-state index contributed by atoms with van der Waals surface area (Å²) >= 11 is 5.91. The number of rotatable bonds is 2. The Hall–Kier alpha value is -2.33. The first kappa shape index (κ1) is 12.7. The highest BCUT2D eigenvalue weighted by Gasteiger charge is 2.15. The summed E-state index contributed by atoms with van der Waals surface area (Å²) in [6, 6.07) is 12.4. The van der Waals surface area contributed by atoms with Crippen LogP contribution in [-0.2, 0) is 0 Å². The number of benzene rings is 2. The molecule has 0 aliphatic carbocycles. The van der Waals surface area contributed by atoms with Gasteiger partial charge in [-0.25, -0.2) is 0 Å². The first-order chi connectivity index (χ1) is 9.65. The van der Waals surface area contributed by atoms with Gasteiger partial charge in [0.05, 0.1) is 5.56 Å². The van der Waals surface area contributed by atoms with Crippen LogP contribution in [0, 0.1) is 6.92 Å². The van der Waals surface area contributed by atoms with E-state index in [1.54, 1.807) is 12.1 Å². The summed E-state index contributed by atoms with van der Waals surface area (Å²) in [5.74, 6) is 0.773. The number of phenols is 1. The van der Waals surface area contributed by atoms with Crippen LogP contribution in [0.2, 0.25) is 5.02 Å². The van der Waals surface area contributed by atoms with Gasteiger partial charge in [0.25, 0.3) is 5.89 Å². The van der Waals surface area contributed by atoms with Crippen LogP contribution in [0.25, 0.3) is 22.8 Å². The molecule has 0 saturated heterocycles. The van der Waals surface area contributed by atoms with Crippen LogP contribution in [0.3, 0.4) is 0 Å². The Morgan fingerprint density at radius 2 is 1.90 bits per heavy atom. The zero-order valence-electron chi connectivity index (χ0n) is 10.7. The smallest absolute Gasteiger partial charge is 0.262 e. The van der Waals surface area contributed by atoms with Crippen molar-refractivity contribution in [2.24, 2.45) is 0 Å². The Morgan fingerprint density at radius 3 is 2.70 bits per heavy atom. The van der Waals surface area contributed by atoms with E-state index in [1.807, 2.05) is 31.2 Å². The van der Waals surface area contributed by atoms with Crippen LogP contribution in [-0.4, -0.2) is 15.2 Å². The van der Waals surface area contributed by atoms with E-state index in [-0.39, 0.29) is 11.6 Å². The molecule has 3 rings (SSSR count). The van der Waals surface area contributed by atoms with Gasteiger partial charge in [-0.15, -0.1) is 0 Å². The molecule has 5 heteroatoms. The number of nitrogens with zero attached hydrogens (tertiary/aromatic N) is 2. The molecule has 100 valence electrons. The highest BCUT2D eigenvalue weighted by Crippen LogP contribution is 2.32. The SMILES string of the molecule is Cc1ccccc1-c1noc(-c2cc(Cl)ccc2O)n1. The molecule has 0 saturated carbocycles. The van der Waals surface area contributed by atoms with E-state index in [0.717, 1.165) is 11.1 Å². The molecule has 0 fully saturated rings. The average molecular weight is 287 g/mol. The van der Waals surface area contributed by atoms with Gasteiger partial charge in [0.2, 0.25) is 5.82 Å². The number of hydrogen-bond acceptors (Lipinski definition) is 4. The summed E-state index contributed by atoms with van der Waals surface area (Å²) in [7, 11) is 0. The van der Waals surface area contributed by atoms with E-state index in [9.17, 15) is 5.11 Å². The zero-order chi connectivity index (χ0) is 14.1. The molecule has 0 atom stereocenters. The molecular weight excluding hydrogens is 276 g/mol. The molecule has 0 amide bonds. The van der Waals surface area contributed by atoms with Gasteiger partial charge in [0.1, 0.15) is 5.75 Å². The minimum atomic E-state index is 0.0504.